The van der Waals surface area contributed by atoms with Crippen molar-refractivity contribution < 1.29 is 12.8 Å². The first-order valence-electron chi connectivity index (χ1n) is 6.01. The molecule has 2 rings (SSSR count). The Morgan fingerprint density at radius 1 is 1.44 bits per heavy atom. The van der Waals surface area contributed by atoms with Crippen LogP contribution in [0.15, 0.2) is 24.3 Å². The molecule has 2 unspecified atom stereocenters. The Labute approximate surface area is 116 Å². The summed E-state index contributed by atoms with van der Waals surface area (Å²) in [5.74, 6) is 0.782. The standard InChI is InChI=1S/C13H16BrFO2S/c14-8-12(11-4-5-18(16,17)9-11)6-10-2-1-3-13(15)7-10/h1-3,7,11-12H,4-6,8-9H2. The normalized spacial score (nSPS) is 24.0. The number of sulfone groups is 1. The van der Waals surface area contributed by atoms with Gasteiger partial charge < -0.3 is 0 Å². The minimum Gasteiger partial charge on any atom is -0.229 e. The molecule has 0 aliphatic carbocycles. The van der Waals surface area contributed by atoms with Crippen molar-refractivity contribution in [3.8, 4) is 0 Å². The predicted octanol–water partition coefficient (Wildman–Crippen LogP) is 2.81. The van der Waals surface area contributed by atoms with Crippen LogP contribution in [0, 0.1) is 17.7 Å². The molecule has 1 heterocycles. The molecule has 0 aromatic heterocycles. The van der Waals surface area contributed by atoms with Gasteiger partial charge >= 0.3 is 0 Å². The Bertz CT molecular complexity index is 515. The maximum atomic E-state index is 13.1. The van der Waals surface area contributed by atoms with Crippen molar-refractivity contribution >= 4 is 25.8 Å². The topological polar surface area (TPSA) is 34.1 Å². The van der Waals surface area contributed by atoms with E-state index in [1.165, 1.54) is 12.1 Å². The van der Waals surface area contributed by atoms with Crippen molar-refractivity contribution in [1.82, 2.24) is 0 Å². The van der Waals surface area contributed by atoms with Crippen LogP contribution in [0.4, 0.5) is 4.39 Å². The van der Waals surface area contributed by atoms with E-state index >= 15 is 0 Å². The molecule has 0 bridgehead atoms. The van der Waals surface area contributed by atoms with Gasteiger partial charge in [0, 0.05) is 5.33 Å². The van der Waals surface area contributed by atoms with Gasteiger partial charge in [0.15, 0.2) is 9.84 Å². The summed E-state index contributed by atoms with van der Waals surface area (Å²) in [5.41, 5.74) is 0.934. The fourth-order valence-electron chi connectivity index (χ4n) is 2.51. The zero-order valence-corrected chi connectivity index (χ0v) is 12.4. The van der Waals surface area contributed by atoms with Gasteiger partial charge in [-0.2, -0.15) is 0 Å². The first-order chi connectivity index (χ1) is 8.50. The molecular formula is C13H16BrFO2S. The van der Waals surface area contributed by atoms with Gasteiger partial charge in [0.05, 0.1) is 11.5 Å². The van der Waals surface area contributed by atoms with Crippen molar-refractivity contribution in [1.29, 1.82) is 0 Å². The maximum absolute atomic E-state index is 13.1. The van der Waals surface area contributed by atoms with Crippen molar-refractivity contribution in [2.24, 2.45) is 11.8 Å². The number of alkyl halides is 1. The molecule has 1 aromatic rings. The molecule has 0 amide bonds. The van der Waals surface area contributed by atoms with Gasteiger partial charge in [-0.25, -0.2) is 12.8 Å². The van der Waals surface area contributed by atoms with Crippen LogP contribution in [0.25, 0.3) is 0 Å². The number of rotatable bonds is 4. The Kier molecular flexibility index (Phi) is 4.43. The maximum Gasteiger partial charge on any atom is 0.150 e. The highest BCUT2D eigenvalue weighted by atomic mass is 79.9. The molecule has 0 radical (unpaired) electrons. The summed E-state index contributed by atoms with van der Waals surface area (Å²) < 4.78 is 36.1. The summed E-state index contributed by atoms with van der Waals surface area (Å²) in [7, 11) is -2.85. The van der Waals surface area contributed by atoms with Crippen LogP contribution in [0.1, 0.15) is 12.0 Å². The summed E-state index contributed by atoms with van der Waals surface area (Å²) in [5, 5.41) is 0.754. The van der Waals surface area contributed by atoms with Gasteiger partial charge in [0.2, 0.25) is 0 Å². The lowest BCUT2D eigenvalue weighted by atomic mass is 9.88. The van der Waals surface area contributed by atoms with E-state index in [0.717, 1.165) is 23.7 Å². The lowest BCUT2D eigenvalue weighted by molar-refractivity contribution is 0.401. The Morgan fingerprint density at radius 2 is 2.22 bits per heavy atom. The van der Waals surface area contributed by atoms with Gasteiger partial charge in [0.25, 0.3) is 0 Å². The van der Waals surface area contributed by atoms with Gasteiger partial charge in [-0.15, -0.1) is 0 Å². The largest absolute Gasteiger partial charge is 0.229 e. The van der Waals surface area contributed by atoms with Crippen LogP contribution in [-0.4, -0.2) is 25.3 Å². The Morgan fingerprint density at radius 3 is 2.78 bits per heavy atom. The molecule has 2 nitrogen and oxygen atoms in total. The average Bonchev–Trinajstić information content (AvgIpc) is 2.66. The molecule has 18 heavy (non-hydrogen) atoms. The summed E-state index contributed by atoms with van der Waals surface area (Å²) in [6.45, 7) is 0. The summed E-state index contributed by atoms with van der Waals surface area (Å²) in [6.07, 6.45) is 1.46. The van der Waals surface area contributed by atoms with E-state index in [2.05, 4.69) is 15.9 Å². The molecule has 5 heteroatoms. The molecule has 1 aliphatic rings. The van der Waals surface area contributed by atoms with Crippen LogP contribution in [0.3, 0.4) is 0 Å². The minimum absolute atomic E-state index is 0.192. The zero-order valence-electron chi connectivity index (χ0n) is 9.98. The van der Waals surface area contributed by atoms with Gasteiger partial charge in [-0.1, -0.05) is 28.1 Å². The molecule has 100 valence electrons. The van der Waals surface area contributed by atoms with E-state index in [1.54, 1.807) is 6.07 Å². The van der Waals surface area contributed by atoms with Crippen molar-refractivity contribution in [3.63, 3.8) is 0 Å². The van der Waals surface area contributed by atoms with Gasteiger partial charge in [0.1, 0.15) is 5.82 Å². The second kappa shape index (κ2) is 5.70. The van der Waals surface area contributed by atoms with Crippen LogP contribution in [-0.2, 0) is 16.3 Å². The molecule has 1 fully saturated rings. The number of benzene rings is 1. The first kappa shape index (κ1) is 14.0. The van der Waals surface area contributed by atoms with E-state index < -0.39 is 9.84 Å². The lowest BCUT2D eigenvalue weighted by Gasteiger charge is -2.20. The third-order valence-electron chi connectivity index (χ3n) is 3.52. The monoisotopic (exact) mass is 334 g/mol. The second-order valence-corrected chi connectivity index (χ2v) is 7.79. The van der Waals surface area contributed by atoms with E-state index in [9.17, 15) is 12.8 Å². The minimum atomic E-state index is -2.85. The molecule has 0 spiro atoms. The Balaban J connectivity index is 2.06. The predicted molar refractivity (Wildman–Crippen MR) is 74.1 cm³/mol. The molecule has 0 N–H and O–H groups in total. The lowest BCUT2D eigenvalue weighted by Crippen LogP contribution is -2.20. The number of halogens is 2. The highest BCUT2D eigenvalue weighted by molar-refractivity contribution is 9.09. The van der Waals surface area contributed by atoms with E-state index in [-0.39, 0.29) is 23.4 Å². The third kappa shape index (κ3) is 3.54. The van der Waals surface area contributed by atoms with Crippen LogP contribution >= 0.6 is 15.9 Å². The van der Waals surface area contributed by atoms with Crippen LogP contribution in [0.5, 0.6) is 0 Å². The van der Waals surface area contributed by atoms with Crippen molar-refractivity contribution in [2.75, 3.05) is 16.8 Å². The SMILES string of the molecule is O=S1(=O)CCC(C(CBr)Cc2cccc(F)c2)C1. The smallest absolute Gasteiger partial charge is 0.150 e. The highest BCUT2D eigenvalue weighted by Gasteiger charge is 2.33. The molecule has 2 atom stereocenters. The zero-order chi connectivity index (χ0) is 13.2. The Hall–Kier alpha value is -0.420. The van der Waals surface area contributed by atoms with Gasteiger partial charge in [-0.3, -0.25) is 0 Å². The van der Waals surface area contributed by atoms with E-state index in [0.29, 0.717) is 5.75 Å². The van der Waals surface area contributed by atoms with Crippen LogP contribution in [0.2, 0.25) is 0 Å². The fraction of sp³-hybridized carbons (Fsp3) is 0.538. The average molecular weight is 335 g/mol. The quantitative estimate of drug-likeness (QED) is 0.793. The van der Waals surface area contributed by atoms with Gasteiger partial charge in [-0.05, 0) is 42.4 Å². The third-order valence-corrected chi connectivity index (χ3v) is 6.14. The fourth-order valence-corrected chi connectivity index (χ4v) is 5.19. The summed E-state index contributed by atoms with van der Waals surface area (Å²) >= 11 is 3.45. The van der Waals surface area contributed by atoms with Crippen LogP contribution < -0.4 is 0 Å². The van der Waals surface area contributed by atoms with E-state index in [1.807, 2.05) is 6.07 Å². The molecule has 1 saturated heterocycles. The molecular weight excluding hydrogens is 319 g/mol. The highest BCUT2D eigenvalue weighted by Crippen LogP contribution is 2.29. The number of hydrogen-bond donors (Lipinski definition) is 0. The van der Waals surface area contributed by atoms with E-state index in [4.69, 9.17) is 0 Å². The molecule has 1 aliphatic heterocycles. The van der Waals surface area contributed by atoms with Crippen molar-refractivity contribution in [2.45, 2.75) is 12.8 Å². The summed E-state index contributed by atoms with van der Waals surface area (Å²) in [4.78, 5) is 0. The van der Waals surface area contributed by atoms with Crippen molar-refractivity contribution in [3.05, 3.63) is 35.6 Å². The molecule has 0 saturated carbocycles. The second-order valence-electron chi connectivity index (χ2n) is 4.91. The molecule has 1 aromatic carbocycles. The summed E-state index contributed by atoms with van der Waals surface area (Å²) in [6, 6.07) is 6.54. The number of hydrogen-bond acceptors (Lipinski definition) is 2. The first-order valence-corrected chi connectivity index (χ1v) is 8.95.